The first kappa shape index (κ1) is 14.0. The van der Waals surface area contributed by atoms with E-state index in [4.69, 9.17) is 11.6 Å². The average molecular weight is 297 g/mol. The van der Waals surface area contributed by atoms with E-state index in [0.29, 0.717) is 5.75 Å². The van der Waals surface area contributed by atoms with E-state index in [1.807, 2.05) is 30.3 Å². The van der Waals surface area contributed by atoms with Crippen LogP contribution in [0.25, 0.3) is 10.8 Å². The molecule has 0 aliphatic heterocycles. The van der Waals surface area contributed by atoms with Crippen molar-refractivity contribution in [2.24, 2.45) is 0 Å². The molecule has 0 atom stereocenters. The van der Waals surface area contributed by atoms with Gasteiger partial charge >= 0.3 is 0 Å². The maximum atomic E-state index is 10.4. The standard InChI is InChI=1S/C19H17ClO/c1-2-14-12-15(11-13-7-9-16(20)10-8-13)17-5-3-4-6-18(17)19(14)21/h3-10,12,21H,2,11H2,1H3. The van der Waals surface area contributed by atoms with E-state index in [1.54, 1.807) is 0 Å². The molecule has 3 aromatic carbocycles. The highest BCUT2D eigenvalue weighted by atomic mass is 35.5. The maximum Gasteiger partial charge on any atom is 0.126 e. The van der Waals surface area contributed by atoms with Gasteiger partial charge in [0.25, 0.3) is 0 Å². The van der Waals surface area contributed by atoms with E-state index < -0.39 is 0 Å². The van der Waals surface area contributed by atoms with E-state index in [9.17, 15) is 5.11 Å². The fourth-order valence-electron chi connectivity index (χ4n) is 2.74. The zero-order valence-electron chi connectivity index (χ0n) is 11.9. The molecule has 0 aliphatic rings. The Morgan fingerprint density at radius 1 is 0.905 bits per heavy atom. The summed E-state index contributed by atoms with van der Waals surface area (Å²) >= 11 is 5.95. The van der Waals surface area contributed by atoms with Crippen LogP contribution in [-0.2, 0) is 12.8 Å². The van der Waals surface area contributed by atoms with Gasteiger partial charge in [-0.25, -0.2) is 0 Å². The molecule has 106 valence electrons. The summed E-state index contributed by atoms with van der Waals surface area (Å²) in [7, 11) is 0. The second-order valence-corrected chi connectivity index (χ2v) is 5.68. The van der Waals surface area contributed by atoms with E-state index in [1.165, 1.54) is 11.1 Å². The van der Waals surface area contributed by atoms with Crippen LogP contribution in [0.5, 0.6) is 5.75 Å². The van der Waals surface area contributed by atoms with Crippen LogP contribution >= 0.6 is 11.6 Å². The predicted molar refractivity (Wildman–Crippen MR) is 89.2 cm³/mol. The van der Waals surface area contributed by atoms with Gasteiger partial charge in [-0.3, -0.25) is 0 Å². The van der Waals surface area contributed by atoms with Gasteiger partial charge in [0.05, 0.1) is 0 Å². The fraction of sp³-hybridized carbons (Fsp3) is 0.158. The number of aryl methyl sites for hydroxylation is 1. The number of aromatic hydroxyl groups is 1. The van der Waals surface area contributed by atoms with Crippen molar-refractivity contribution in [3.63, 3.8) is 0 Å². The molecule has 0 saturated heterocycles. The SMILES string of the molecule is CCc1cc(Cc2ccc(Cl)cc2)c2ccccc2c1O. The smallest absolute Gasteiger partial charge is 0.126 e. The summed E-state index contributed by atoms with van der Waals surface area (Å²) in [5.41, 5.74) is 3.46. The van der Waals surface area contributed by atoms with Crippen molar-refractivity contribution in [2.75, 3.05) is 0 Å². The van der Waals surface area contributed by atoms with Gasteiger partial charge < -0.3 is 5.11 Å². The van der Waals surface area contributed by atoms with Crippen LogP contribution in [0.2, 0.25) is 5.02 Å². The first-order chi connectivity index (χ1) is 10.2. The first-order valence-electron chi connectivity index (χ1n) is 7.16. The summed E-state index contributed by atoms with van der Waals surface area (Å²) in [5, 5.41) is 13.2. The Hall–Kier alpha value is -1.99. The first-order valence-corrected chi connectivity index (χ1v) is 7.53. The molecule has 21 heavy (non-hydrogen) atoms. The molecule has 1 N–H and O–H groups in total. The number of fused-ring (bicyclic) bond motifs is 1. The molecule has 0 bridgehead atoms. The Balaban J connectivity index is 2.13. The van der Waals surface area contributed by atoms with Crippen LogP contribution in [0, 0.1) is 0 Å². The van der Waals surface area contributed by atoms with Gasteiger partial charge in [-0.2, -0.15) is 0 Å². The third kappa shape index (κ3) is 2.74. The summed E-state index contributed by atoms with van der Waals surface area (Å²) < 4.78 is 0. The van der Waals surface area contributed by atoms with Gasteiger partial charge in [0.15, 0.2) is 0 Å². The number of benzene rings is 3. The molecule has 0 heterocycles. The molecule has 0 radical (unpaired) electrons. The van der Waals surface area contributed by atoms with Crippen molar-refractivity contribution >= 4 is 22.4 Å². The monoisotopic (exact) mass is 296 g/mol. The zero-order chi connectivity index (χ0) is 14.8. The van der Waals surface area contributed by atoms with Crippen LogP contribution in [0.3, 0.4) is 0 Å². The van der Waals surface area contributed by atoms with Crippen molar-refractivity contribution in [3.8, 4) is 5.75 Å². The van der Waals surface area contributed by atoms with E-state index in [-0.39, 0.29) is 0 Å². The highest BCUT2D eigenvalue weighted by Crippen LogP contribution is 2.33. The Morgan fingerprint density at radius 2 is 1.57 bits per heavy atom. The van der Waals surface area contributed by atoms with Crippen LogP contribution in [0.1, 0.15) is 23.6 Å². The molecule has 0 unspecified atom stereocenters. The molecular formula is C19H17ClO. The van der Waals surface area contributed by atoms with Crippen molar-refractivity contribution in [2.45, 2.75) is 19.8 Å². The zero-order valence-corrected chi connectivity index (χ0v) is 12.7. The lowest BCUT2D eigenvalue weighted by Gasteiger charge is -2.12. The molecule has 0 spiro atoms. The molecule has 2 heteroatoms. The number of hydrogen-bond donors (Lipinski definition) is 1. The molecule has 0 fully saturated rings. The lowest BCUT2D eigenvalue weighted by atomic mass is 9.94. The molecule has 1 nitrogen and oxygen atoms in total. The molecule has 0 aliphatic carbocycles. The van der Waals surface area contributed by atoms with Crippen molar-refractivity contribution in [3.05, 3.63) is 76.3 Å². The Labute approximate surface area is 129 Å². The topological polar surface area (TPSA) is 20.2 Å². The number of rotatable bonds is 3. The van der Waals surface area contributed by atoms with Crippen molar-refractivity contribution < 1.29 is 5.11 Å². The van der Waals surface area contributed by atoms with E-state index in [0.717, 1.165) is 34.2 Å². The molecule has 0 saturated carbocycles. The predicted octanol–water partition coefficient (Wildman–Crippen LogP) is 5.35. The Bertz CT molecular complexity index is 775. The van der Waals surface area contributed by atoms with Gasteiger partial charge in [-0.15, -0.1) is 0 Å². The second kappa shape index (κ2) is 5.79. The summed E-state index contributed by atoms with van der Waals surface area (Å²) in [6.45, 7) is 2.07. The highest BCUT2D eigenvalue weighted by Gasteiger charge is 2.10. The summed E-state index contributed by atoms with van der Waals surface area (Å²) in [5.74, 6) is 0.410. The third-order valence-corrected chi connectivity index (χ3v) is 4.12. The number of hydrogen-bond acceptors (Lipinski definition) is 1. The largest absolute Gasteiger partial charge is 0.507 e. The van der Waals surface area contributed by atoms with Crippen LogP contribution in [0.4, 0.5) is 0 Å². The van der Waals surface area contributed by atoms with Gasteiger partial charge in [0, 0.05) is 10.4 Å². The fourth-order valence-corrected chi connectivity index (χ4v) is 2.86. The molecule has 0 aromatic heterocycles. The Kier molecular flexibility index (Phi) is 3.85. The third-order valence-electron chi connectivity index (χ3n) is 3.87. The van der Waals surface area contributed by atoms with E-state index in [2.05, 4.69) is 31.2 Å². The second-order valence-electron chi connectivity index (χ2n) is 5.25. The highest BCUT2D eigenvalue weighted by molar-refractivity contribution is 6.30. The van der Waals surface area contributed by atoms with E-state index >= 15 is 0 Å². The van der Waals surface area contributed by atoms with Crippen LogP contribution < -0.4 is 0 Å². The van der Waals surface area contributed by atoms with Crippen LogP contribution in [0.15, 0.2) is 54.6 Å². The van der Waals surface area contributed by atoms with Gasteiger partial charge in [0.2, 0.25) is 0 Å². The summed E-state index contributed by atoms with van der Waals surface area (Å²) in [4.78, 5) is 0. The summed E-state index contributed by atoms with van der Waals surface area (Å²) in [6.07, 6.45) is 1.66. The molecule has 0 amide bonds. The normalized spacial score (nSPS) is 11.0. The van der Waals surface area contributed by atoms with Crippen molar-refractivity contribution in [1.82, 2.24) is 0 Å². The quantitative estimate of drug-likeness (QED) is 0.690. The lowest BCUT2D eigenvalue weighted by Crippen LogP contribution is -1.94. The molecule has 3 rings (SSSR count). The summed E-state index contributed by atoms with van der Waals surface area (Å²) in [6, 6.07) is 18.1. The number of halogens is 1. The minimum atomic E-state index is 0.410. The van der Waals surface area contributed by atoms with Crippen molar-refractivity contribution in [1.29, 1.82) is 0 Å². The molecule has 3 aromatic rings. The Morgan fingerprint density at radius 3 is 2.24 bits per heavy atom. The molecular weight excluding hydrogens is 280 g/mol. The maximum absolute atomic E-state index is 10.4. The van der Waals surface area contributed by atoms with Crippen LogP contribution in [-0.4, -0.2) is 5.11 Å². The lowest BCUT2D eigenvalue weighted by molar-refractivity contribution is 0.475. The number of phenols is 1. The minimum Gasteiger partial charge on any atom is -0.507 e. The van der Waals surface area contributed by atoms with Gasteiger partial charge in [0.1, 0.15) is 5.75 Å². The minimum absolute atomic E-state index is 0.410. The van der Waals surface area contributed by atoms with Gasteiger partial charge in [-0.1, -0.05) is 61.0 Å². The number of phenolic OH excluding ortho intramolecular Hbond substituents is 1. The average Bonchev–Trinajstić information content (AvgIpc) is 2.52. The van der Waals surface area contributed by atoms with Gasteiger partial charge in [-0.05, 0) is 47.1 Å².